The molecule has 5 nitrogen and oxygen atoms in total. The van der Waals surface area contributed by atoms with E-state index in [1.54, 1.807) is 36.4 Å². The van der Waals surface area contributed by atoms with Gasteiger partial charge in [-0.2, -0.15) is 0 Å². The van der Waals surface area contributed by atoms with Crippen molar-refractivity contribution in [2.75, 3.05) is 37.6 Å². The fourth-order valence-corrected chi connectivity index (χ4v) is 4.73. The molecule has 34 heavy (non-hydrogen) atoms. The summed E-state index contributed by atoms with van der Waals surface area (Å²) in [4.78, 5) is 31.8. The molecule has 1 saturated heterocycles. The first-order valence-corrected chi connectivity index (χ1v) is 11.5. The van der Waals surface area contributed by atoms with Gasteiger partial charge in [0.1, 0.15) is 11.6 Å². The van der Waals surface area contributed by atoms with Crippen LogP contribution in [0.3, 0.4) is 0 Å². The van der Waals surface area contributed by atoms with Crippen molar-refractivity contribution < 1.29 is 18.4 Å². The lowest BCUT2D eigenvalue weighted by Crippen LogP contribution is -2.46. The van der Waals surface area contributed by atoms with Crippen molar-refractivity contribution >= 4 is 17.5 Å². The van der Waals surface area contributed by atoms with E-state index in [1.807, 2.05) is 12.1 Å². The zero-order valence-electron chi connectivity index (χ0n) is 18.7. The highest BCUT2D eigenvalue weighted by Crippen LogP contribution is 2.32. The summed E-state index contributed by atoms with van der Waals surface area (Å²) in [6.07, 6.45) is 0.396. The van der Waals surface area contributed by atoms with Crippen molar-refractivity contribution in [1.29, 1.82) is 0 Å². The molecular weight excluding hydrogens is 436 g/mol. The maximum atomic E-state index is 14.0. The third kappa shape index (κ3) is 4.31. The summed E-state index contributed by atoms with van der Waals surface area (Å²) >= 11 is 0. The number of anilines is 1. The van der Waals surface area contributed by atoms with E-state index in [0.29, 0.717) is 42.7 Å². The van der Waals surface area contributed by atoms with Crippen molar-refractivity contribution in [3.05, 3.63) is 101 Å². The van der Waals surface area contributed by atoms with Gasteiger partial charge in [0.05, 0.1) is 16.8 Å². The van der Waals surface area contributed by atoms with Gasteiger partial charge in [-0.1, -0.05) is 36.4 Å². The molecule has 2 aliphatic rings. The molecule has 2 aliphatic heterocycles. The third-order valence-electron chi connectivity index (χ3n) is 6.55. The normalized spacial score (nSPS) is 16.3. The lowest BCUT2D eigenvalue weighted by atomic mass is 10.1. The second kappa shape index (κ2) is 9.35. The number of hydrogen-bond donors (Lipinski definition) is 0. The maximum absolute atomic E-state index is 14.0. The minimum atomic E-state index is -0.337. The molecule has 7 heteroatoms. The number of piperazine rings is 1. The van der Waals surface area contributed by atoms with Crippen LogP contribution in [0.4, 0.5) is 14.5 Å². The van der Waals surface area contributed by atoms with E-state index in [2.05, 4.69) is 9.80 Å². The summed E-state index contributed by atoms with van der Waals surface area (Å²) in [6, 6.07) is 18.4. The smallest absolute Gasteiger partial charge is 0.263 e. The molecule has 3 aromatic carbocycles. The molecule has 5 rings (SSSR count). The fraction of sp³-hybridized carbons (Fsp3) is 0.259. The van der Waals surface area contributed by atoms with Gasteiger partial charge in [0.15, 0.2) is 0 Å². The predicted octanol–water partition coefficient (Wildman–Crippen LogP) is 4.13. The van der Waals surface area contributed by atoms with E-state index in [4.69, 9.17) is 0 Å². The molecule has 1 fully saturated rings. The van der Waals surface area contributed by atoms with Crippen molar-refractivity contribution in [2.45, 2.75) is 13.0 Å². The highest BCUT2D eigenvalue weighted by molar-refractivity contribution is 6.23. The largest absolute Gasteiger partial charge is 0.368 e. The first kappa shape index (κ1) is 22.2. The second-order valence-corrected chi connectivity index (χ2v) is 8.70. The van der Waals surface area contributed by atoms with Crippen LogP contribution in [0, 0.1) is 11.6 Å². The van der Waals surface area contributed by atoms with Crippen LogP contribution < -0.4 is 4.90 Å². The molecule has 0 atom stereocenters. The summed E-state index contributed by atoms with van der Waals surface area (Å²) in [5.74, 6) is -1.15. The SMILES string of the molecule is O=C1c2cccc(N3CCN(Cc4ccccc4F)CC3)c2C(=O)N1CCc1cccc(F)c1. The van der Waals surface area contributed by atoms with Crippen molar-refractivity contribution in [3.8, 4) is 0 Å². The molecular formula is C27H25F2N3O2. The average Bonchev–Trinajstić information content (AvgIpc) is 3.09. The van der Waals surface area contributed by atoms with Gasteiger partial charge >= 0.3 is 0 Å². The number of imide groups is 1. The zero-order valence-corrected chi connectivity index (χ0v) is 18.7. The zero-order chi connectivity index (χ0) is 23.7. The van der Waals surface area contributed by atoms with E-state index in [-0.39, 0.29) is 30.0 Å². The van der Waals surface area contributed by atoms with Crippen LogP contribution in [0.1, 0.15) is 31.8 Å². The van der Waals surface area contributed by atoms with Crippen LogP contribution in [0.15, 0.2) is 66.7 Å². The van der Waals surface area contributed by atoms with Crippen LogP contribution in [0.5, 0.6) is 0 Å². The number of hydrogen-bond acceptors (Lipinski definition) is 4. The minimum absolute atomic E-state index is 0.200. The lowest BCUT2D eigenvalue weighted by molar-refractivity contribution is 0.0656. The molecule has 0 bridgehead atoms. The Hall–Kier alpha value is -3.58. The Balaban J connectivity index is 1.28. The summed E-state index contributed by atoms with van der Waals surface area (Å²) in [5, 5.41) is 0. The van der Waals surface area contributed by atoms with Crippen LogP contribution in [0.25, 0.3) is 0 Å². The number of rotatable bonds is 6. The number of carbonyl (C=O) groups is 2. The van der Waals surface area contributed by atoms with Crippen molar-refractivity contribution in [1.82, 2.24) is 9.80 Å². The standard InChI is InChI=1S/C27H25F2N3O2/c28-21-7-3-5-19(17-21)11-12-32-26(33)22-8-4-10-24(25(22)27(32)34)31-15-13-30(14-16-31)18-20-6-1-2-9-23(20)29/h1-10,17H,11-16,18H2. The van der Waals surface area contributed by atoms with E-state index in [9.17, 15) is 18.4 Å². The van der Waals surface area contributed by atoms with Gasteiger partial charge in [0.2, 0.25) is 0 Å². The van der Waals surface area contributed by atoms with Gasteiger partial charge in [0.25, 0.3) is 11.8 Å². The minimum Gasteiger partial charge on any atom is -0.368 e. The van der Waals surface area contributed by atoms with Gasteiger partial charge in [-0.25, -0.2) is 8.78 Å². The number of halogens is 2. The maximum Gasteiger partial charge on any atom is 0.263 e. The third-order valence-corrected chi connectivity index (χ3v) is 6.55. The van der Waals surface area contributed by atoms with E-state index in [1.165, 1.54) is 23.1 Å². The highest BCUT2D eigenvalue weighted by atomic mass is 19.1. The Morgan fingerprint density at radius 2 is 1.56 bits per heavy atom. The quantitative estimate of drug-likeness (QED) is 0.518. The molecule has 0 aliphatic carbocycles. The van der Waals surface area contributed by atoms with Crippen LogP contribution in [-0.2, 0) is 13.0 Å². The number of benzene rings is 3. The first-order chi connectivity index (χ1) is 16.5. The number of carbonyl (C=O) groups excluding carboxylic acids is 2. The van der Waals surface area contributed by atoms with Crippen LogP contribution in [-0.4, -0.2) is 54.3 Å². The number of fused-ring (bicyclic) bond motifs is 1. The fourth-order valence-electron chi connectivity index (χ4n) is 4.73. The molecule has 0 aromatic heterocycles. The second-order valence-electron chi connectivity index (χ2n) is 8.70. The molecule has 0 saturated carbocycles. The molecule has 2 amide bonds. The summed E-state index contributed by atoms with van der Waals surface area (Å²) in [6.45, 7) is 3.54. The molecule has 174 valence electrons. The van der Waals surface area contributed by atoms with E-state index < -0.39 is 0 Å². The molecule has 0 unspecified atom stereocenters. The molecule has 3 aromatic rings. The summed E-state index contributed by atoms with van der Waals surface area (Å²) in [5.41, 5.74) is 3.02. The predicted molar refractivity (Wildman–Crippen MR) is 126 cm³/mol. The molecule has 0 N–H and O–H groups in total. The average molecular weight is 462 g/mol. The lowest BCUT2D eigenvalue weighted by Gasteiger charge is -2.36. The Labute approximate surface area is 197 Å². The first-order valence-electron chi connectivity index (χ1n) is 11.5. The van der Waals surface area contributed by atoms with Crippen molar-refractivity contribution in [2.24, 2.45) is 0 Å². The van der Waals surface area contributed by atoms with Gasteiger partial charge in [0, 0.05) is 44.8 Å². The van der Waals surface area contributed by atoms with Gasteiger partial charge in [-0.05, 0) is 42.3 Å². The van der Waals surface area contributed by atoms with E-state index in [0.717, 1.165) is 24.3 Å². The Morgan fingerprint density at radius 3 is 2.32 bits per heavy atom. The molecule has 0 spiro atoms. The van der Waals surface area contributed by atoms with Crippen molar-refractivity contribution in [3.63, 3.8) is 0 Å². The van der Waals surface area contributed by atoms with Crippen LogP contribution >= 0.6 is 0 Å². The number of amides is 2. The molecule has 2 heterocycles. The van der Waals surface area contributed by atoms with Gasteiger partial charge in [-0.15, -0.1) is 0 Å². The molecule has 0 radical (unpaired) electrons. The monoisotopic (exact) mass is 461 g/mol. The van der Waals surface area contributed by atoms with Gasteiger partial charge < -0.3 is 4.90 Å². The van der Waals surface area contributed by atoms with E-state index >= 15 is 0 Å². The Kier molecular flexibility index (Phi) is 6.11. The number of nitrogens with zero attached hydrogens (tertiary/aromatic N) is 3. The highest BCUT2D eigenvalue weighted by Gasteiger charge is 2.38. The van der Waals surface area contributed by atoms with Crippen LogP contribution in [0.2, 0.25) is 0 Å². The Morgan fingerprint density at radius 1 is 0.794 bits per heavy atom. The Bertz CT molecular complexity index is 1240. The van der Waals surface area contributed by atoms with Gasteiger partial charge in [-0.3, -0.25) is 19.4 Å². The topological polar surface area (TPSA) is 43.9 Å². The summed E-state index contributed by atoms with van der Waals surface area (Å²) in [7, 11) is 0. The summed E-state index contributed by atoms with van der Waals surface area (Å²) < 4.78 is 27.5.